The van der Waals surface area contributed by atoms with Crippen molar-refractivity contribution in [1.29, 1.82) is 0 Å². The van der Waals surface area contributed by atoms with Crippen molar-refractivity contribution < 1.29 is 14.6 Å². The summed E-state index contributed by atoms with van der Waals surface area (Å²) in [5, 5.41) is 19.0. The van der Waals surface area contributed by atoms with Crippen LogP contribution in [0.15, 0.2) is 4.99 Å². The fourth-order valence-corrected chi connectivity index (χ4v) is 2.62. The van der Waals surface area contributed by atoms with Gasteiger partial charge in [0.05, 0.1) is 18.7 Å². The molecular formula is C19H38N4O3. The van der Waals surface area contributed by atoms with Crippen molar-refractivity contribution in [2.45, 2.75) is 78.4 Å². The Bertz CT molecular complexity index is 478. The van der Waals surface area contributed by atoms with Gasteiger partial charge in [0.1, 0.15) is 5.60 Å². The van der Waals surface area contributed by atoms with Crippen LogP contribution < -0.4 is 16.0 Å². The molecule has 0 aromatic carbocycles. The highest BCUT2D eigenvalue weighted by Crippen LogP contribution is 2.44. The summed E-state index contributed by atoms with van der Waals surface area (Å²) in [7, 11) is 0. The third-order valence-corrected chi connectivity index (χ3v) is 4.93. The van der Waals surface area contributed by atoms with E-state index in [1.165, 1.54) is 0 Å². The van der Waals surface area contributed by atoms with Crippen LogP contribution in [0.3, 0.4) is 0 Å². The van der Waals surface area contributed by atoms with E-state index in [-0.39, 0.29) is 12.0 Å². The average molecular weight is 371 g/mol. The van der Waals surface area contributed by atoms with Gasteiger partial charge in [-0.25, -0.2) is 4.79 Å². The number of nitrogens with zero attached hydrogens (tertiary/aromatic N) is 1. The van der Waals surface area contributed by atoms with Gasteiger partial charge in [-0.15, -0.1) is 0 Å². The molecule has 4 N–H and O–H groups in total. The number of hydrogen-bond acceptors (Lipinski definition) is 4. The molecule has 1 saturated carbocycles. The predicted octanol–water partition coefficient (Wildman–Crippen LogP) is 2.40. The van der Waals surface area contributed by atoms with E-state index in [1.54, 1.807) is 0 Å². The molecule has 1 aliphatic carbocycles. The van der Waals surface area contributed by atoms with Crippen LogP contribution in [0, 0.1) is 5.41 Å². The van der Waals surface area contributed by atoms with E-state index in [0.717, 1.165) is 32.2 Å². The number of guanidine groups is 1. The monoisotopic (exact) mass is 370 g/mol. The second-order valence-corrected chi connectivity index (χ2v) is 8.32. The Morgan fingerprint density at radius 2 is 1.77 bits per heavy atom. The third kappa shape index (κ3) is 7.40. The lowest BCUT2D eigenvalue weighted by Crippen LogP contribution is -2.52. The minimum Gasteiger partial charge on any atom is -0.444 e. The van der Waals surface area contributed by atoms with Gasteiger partial charge in [0.25, 0.3) is 0 Å². The van der Waals surface area contributed by atoms with Crippen LogP contribution >= 0.6 is 0 Å². The first-order chi connectivity index (χ1) is 12.1. The van der Waals surface area contributed by atoms with Gasteiger partial charge in [0.2, 0.25) is 0 Å². The standard InChI is InChI=1S/C19H38N4O3/c1-7-19(8-2,23-16(25)26-17(4,5)6)13-22-15(20-9-3)21-12-18(14-24)10-11-18/h24H,7-14H2,1-6H3,(H,23,25)(H2,20,21,22). The molecule has 0 heterocycles. The fraction of sp³-hybridized carbons (Fsp3) is 0.895. The summed E-state index contributed by atoms with van der Waals surface area (Å²) in [6.45, 7) is 13.8. The Kier molecular flexibility index (Phi) is 8.18. The van der Waals surface area contributed by atoms with Crippen molar-refractivity contribution in [3.05, 3.63) is 0 Å². The Hall–Kier alpha value is -1.50. The number of ether oxygens (including phenoxy) is 1. The lowest BCUT2D eigenvalue weighted by Gasteiger charge is -2.32. The van der Waals surface area contributed by atoms with E-state index < -0.39 is 17.2 Å². The average Bonchev–Trinajstić information content (AvgIpc) is 3.35. The van der Waals surface area contributed by atoms with E-state index in [0.29, 0.717) is 19.0 Å². The van der Waals surface area contributed by atoms with Crippen molar-refractivity contribution in [3.8, 4) is 0 Å². The summed E-state index contributed by atoms with van der Waals surface area (Å²) in [5.74, 6) is 0.712. The van der Waals surface area contributed by atoms with Crippen LogP contribution in [0.4, 0.5) is 4.79 Å². The van der Waals surface area contributed by atoms with Gasteiger partial charge in [-0.3, -0.25) is 4.99 Å². The summed E-state index contributed by atoms with van der Waals surface area (Å²) in [4.78, 5) is 16.9. The van der Waals surface area contributed by atoms with Crippen LogP contribution in [-0.2, 0) is 4.74 Å². The molecule has 0 aliphatic heterocycles. The third-order valence-electron chi connectivity index (χ3n) is 4.93. The molecule has 26 heavy (non-hydrogen) atoms. The van der Waals surface area contributed by atoms with Gasteiger partial charge in [-0.1, -0.05) is 13.8 Å². The lowest BCUT2D eigenvalue weighted by molar-refractivity contribution is 0.0452. The Balaban J connectivity index is 2.74. The Morgan fingerprint density at radius 1 is 1.15 bits per heavy atom. The number of carbonyl (C=O) groups excluding carboxylic acids is 1. The van der Waals surface area contributed by atoms with Gasteiger partial charge in [0, 0.05) is 18.5 Å². The number of aliphatic imine (C=N–C) groups is 1. The zero-order valence-corrected chi connectivity index (χ0v) is 17.4. The molecule has 152 valence electrons. The molecule has 1 aliphatic rings. The van der Waals surface area contributed by atoms with Gasteiger partial charge in [-0.05, 0) is 53.4 Å². The minimum atomic E-state index is -0.528. The normalized spacial score (nSPS) is 16.8. The summed E-state index contributed by atoms with van der Waals surface area (Å²) in [5.41, 5.74) is -0.962. The van der Waals surface area contributed by atoms with Crippen LogP contribution in [0.25, 0.3) is 0 Å². The highest BCUT2D eigenvalue weighted by molar-refractivity contribution is 5.80. The van der Waals surface area contributed by atoms with Crippen LogP contribution in [0.5, 0.6) is 0 Å². The second-order valence-electron chi connectivity index (χ2n) is 8.32. The molecule has 0 bridgehead atoms. The number of carbonyl (C=O) groups is 1. The maximum atomic E-state index is 12.2. The van der Waals surface area contributed by atoms with Crippen molar-refractivity contribution in [3.63, 3.8) is 0 Å². The van der Waals surface area contributed by atoms with E-state index in [4.69, 9.17) is 4.74 Å². The number of nitrogens with one attached hydrogen (secondary N) is 3. The topological polar surface area (TPSA) is 95.0 Å². The highest BCUT2D eigenvalue weighted by Gasteiger charge is 2.42. The molecule has 0 atom stereocenters. The van der Waals surface area contributed by atoms with Crippen LogP contribution in [0.2, 0.25) is 0 Å². The quantitative estimate of drug-likeness (QED) is 0.369. The van der Waals surface area contributed by atoms with Gasteiger partial charge < -0.3 is 25.8 Å². The molecule has 1 fully saturated rings. The summed E-state index contributed by atoms with van der Waals surface area (Å²) < 4.78 is 5.41. The van der Waals surface area contributed by atoms with E-state index in [1.807, 2.05) is 41.5 Å². The van der Waals surface area contributed by atoms with E-state index >= 15 is 0 Å². The Labute approximate surface area is 158 Å². The summed E-state index contributed by atoms with van der Waals surface area (Å²) >= 11 is 0. The smallest absolute Gasteiger partial charge is 0.408 e. The van der Waals surface area contributed by atoms with Crippen molar-refractivity contribution >= 4 is 12.1 Å². The SMILES string of the molecule is CCNC(=NCC(CC)(CC)NC(=O)OC(C)(C)C)NCC1(CO)CC1. The number of hydrogen-bond donors (Lipinski definition) is 4. The van der Waals surface area contributed by atoms with Crippen molar-refractivity contribution in [2.75, 3.05) is 26.2 Å². The summed E-state index contributed by atoms with van der Waals surface area (Å²) in [6.07, 6.45) is 3.19. The number of aliphatic hydroxyl groups excluding tert-OH is 1. The van der Waals surface area contributed by atoms with Crippen molar-refractivity contribution in [1.82, 2.24) is 16.0 Å². The molecule has 0 aromatic heterocycles. The van der Waals surface area contributed by atoms with Crippen LogP contribution in [0.1, 0.15) is 67.2 Å². The zero-order valence-electron chi connectivity index (χ0n) is 17.4. The predicted molar refractivity (Wildman–Crippen MR) is 105 cm³/mol. The van der Waals surface area contributed by atoms with Gasteiger partial charge >= 0.3 is 6.09 Å². The molecule has 0 unspecified atom stereocenters. The molecular weight excluding hydrogens is 332 g/mol. The first-order valence-electron chi connectivity index (χ1n) is 9.77. The number of aliphatic hydroxyl groups is 1. The minimum absolute atomic E-state index is 0.0115. The maximum Gasteiger partial charge on any atom is 0.408 e. The molecule has 0 radical (unpaired) electrons. The first kappa shape index (κ1) is 22.5. The maximum absolute atomic E-state index is 12.2. The molecule has 7 nitrogen and oxygen atoms in total. The highest BCUT2D eigenvalue weighted by atomic mass is 16.6. The van der Waals surface area contributed by atoms with E-state index in [2.05, 4.69) is 20.9 Å². The molecule has 0 aromatic rings. The zero-order chi connectivity index (χ0) is 19.8. The van der Waals surface area contributed by atoms with Gasteiger partial charge in [0.15, 0.2) is 5.96 Å². The number of amides is 1. The van der Waals surface area contributed by atoms with Crippen molar-refractivity contribution in [2.24, 2.45) is 10.4 Å². The second kappa shape index (κ2) is 9.44. The molecule has 7 heteroatoms. The lowest BCUT2D eigenvalue weighted by atomic mass is 9.93. The fourth-order valence-electron chi connectivity index (χ4n) is 2.62. The number of alkyl carbamates (subject to hydrolysis) is 1. The van der Waals surface area contributed by atoms with E-state index in [9.17, 15) is 9.90 Å². The first-order valence-corrected chi connectivity index (χ1v) is 9.77. The van der Waals surface area contributed by atoms with Gasteiger partial charge in [-0.2, -0.15) is 0 Å². The largest absolute Gasteiger partial charge is 0.444 e. The molecule has 0 spiro atoms. The van der Waals surface area contributed by atoms with Crippen LogP contribution in [-0.4, -0.2) is 54.5 Å². The number of rotatable bonds is 9. The molecule has 1 rings (SSSR count). The summed E-state index contributed by atoms with van der Waals surface area (Å²) in [6, 6.07) is 0. The Morgan fingerprint density at radius 3 is 2.19 bits per heavy atom. The molecule has 1 amide bonds. The molecule has 0 saturated heterocycles.